The first-order valence-corrected chi connectivity index (χ1v) is 4.32. The summed E-state index contributed by atoms with van der Waals surface area (Å²) in [5.41, 5.74) is 1.13. The summed E-state index contributed by atoms with van der Waals surface area (Å²) in [5.74, 6) is 0.744. The van der Waals surface area contributed by atoms with Crippen molar-refractivity contribution in [2.24, 2.45) is 7.05 Å². The van der Waals surface area contributed by atoms with E-state index in [0.717, 1.165) is 11.4 Å². The van der Waals surface area contributed by atoms with Crippen LogP contribution >= 0.6 is 0 Å². The smallest absolute Gasteiger partial charge is 0.174 e. The second-order valence-electron chi connectivity index (χ2n) is 2.90. The van der Waals surface area contributed by atoms with Crippen molar-refractivity contribution in [1.29, 1.82) is 0 Å². The molecule has 4 heteroatoms. The number of rotatable bonds is 2. The van der Waals surface area contributed by atoms with Gasteiger partial charge in [-0.25, -0.2) is 4.68 Å². The van der Waals surface area contributed by atoms with Crippen molar-refractivity contribution in [2.75, 3.05) is 0 Å². The van der Waals surface area contributed by atoms with E-state index in [1.807, 2.05) is 49.5 Å². The molecular weight excluding hydrogens is 176 g/mol. The lowest BCUT2D eigenvalue weighted by atomic mass is 10.2. The molecule has 0 fully saturated rings. The predicted octanol–water partition coefficient (Wildman–Crippen LogP) is 1.38. The number of hydrogen-bond acceptors (Lipinski definition) is 3. The van der Waals surface area contributed by atoms with Crippen molar-refractivity contribution in [3.8, 4) is 0 Å². The third-order valence-corrected chi connectivity index (χ3v) is 1.88. The van der Waals surface area contributed by atoms with Crippen molar-refractivity contribution in [2.45, 2.75) is 0 Å². The molecule has 2 rings (SSSR count). The van der Waals surface area contributed by atoms with Gasteiger partial charge in [0.1, 0.15) is 0 Å². The molecule has 0 aliphatic carbocycles. The highest BCUT2D eigenvalue weighted by Crippen LogP contribution is 2.03. The Labute approximate surface area is 81.9 Å². The fourth-order valence-electron chi connectivity index (χ4n) is 1.11. The number of tetrazole rings is 1. The zero-order chi connectivity index (χ0) is 9.80. The Morgan fingerprint density at radius 2 is 1.93 bits per heavy atom. The largest absolute Gasteiger partial charge is 0.229 e. The average Bonchev–Trinajstić information content (AvgIpc) is 2.63. The van der Waals surface area contributed by atoms with E-state index in [4.69, 9.17) is 0 Å². The van der Waals surface area contributed by atoms with Gasteiger partial charge in [-0.3, -0.25) is 0 Å². The van der Waals surface area contributed by atoms with Crippen LogP contribution < -0.4 is 0 Å². The molecule has 70 valence electrons. The second kappa shape index (κ2) is 3.83. The van der Waals surface area contributed by atoms with Crippen molar-refractivity contribution in [3.05, 3.63) is 41.7 Å². The fraction of sp³-hybridized carbons (Fsp3) is 0.100. The lowest BCUT2D eigenvalue weighted by Gasteiger charge is -1.91. The highest BCUT2D eigenvalue weighted by Gasteiger charge is 1.94. The molecule has 0 atom stereocenters. The summed E-state index contributed by atoms with van der Waals surface area (Å²) in [6.07, 6.45) is 3.86. The van der Waals surface area contributed by atoms with Gasteiger partial charge in [0.05, 0.1) is 0 Å². The van der Waals surface area contributed by atoms with Crippen LogP contribution in [0.2, 0.25) is 0 Å². The fourth-order valence-corrected chi connectivity index (χ4v) is 1.11. The van der Waals surface area contributed by atoms with Crippen LogP contribution in [-0.4, -0.2) is 20.2 Å². The van der Waals surface area contributed by atoms with Gasteiger partial charge in [0.2, 0.25) is 0 Å². The molecule has 2 aromatic rings. The normalized spacial score (nSPS) is 10.9. The van der Waals surface area contributed by atoms with E-state index in [2.05, 4.69) is 15.5 Å². The highest BCUT2D eigenvalue weighted by molar-refractivity contribution is 5.66. The van der Waals surface area contributed by atoms with Crippen LogP contribution in [0.25, 0.3) is 12.2 Å². The molecule has 0 saturated carbocycles. The van der Waals surface area contributed by atoms with E-state index < -0.39 is 0 Å². The minimum atomic E-state index is 0.744. The molecular formula is C10H10N4. The van der Waals surface area contributed by atoms with E-state index in [9.17, 15) is 0 Å². The first-order valence-electron chi connectivity index (χ1n) is 4.32. The van der Waals surface area contributed by atoms with Crippen LogP contribution in [0.5, 0.6) is 0 Å². The first kappa shape index (κ1) is 8.62. The van der Waals surface area contributed by atoms with Gasteiger partial charge in [-0.1, -0.05) is 36.4 Å². The Kier molecular flexibility index (Phi) is 2.36. The van der Waals surface area contributed by atoms with Crippen LogP contribution in [0.15, 0.2) is 30.3 Å². The maximum absolute atomic E-state index is 3.85. The number of hydrogen-bond donors (Lipinski definition) is 0. The molecule has 0 aliphatic heterocycles. The number of benzene rings is 1. The van der Waals surface area contributed by atoms with E-state index >= 15 is 0 Å². The summed E-state index contributed by atoms with van der Waals surface area (Å²) >= 11 is 0. The zero-order valence-electron chi connectivity index (χ0n) is 7.83. The number of aromatic nitrogens is 4. The maximum atomic E-state index is 3.85. The molecule has 0 radical (unpaired) electrons. The van der Waals surface area contributed by atoms with Gasteiger partial charge in [-0.15, -0.1) is 5.10 Å². The van der Waals surface area contributed by atoms with Crippen molar-refractivity contribution in [1.82, 2.24) is 20.2 Å². The van der Waals surface area contributed by atoms with E-state index in [-0.39, 0.29) is 0 Å². The third kappa shape index (κ3) is 1.85. The minimum Gasteiger partial charge on any atom is -0.229 e. The van der Waals surface area contributed by atoms with Crippen LogP contribution in [0.1, 0.15) is 11.4 Å². The van der Waals surface area contributed by atoms with E-state index in [0.29, 0.717) is 0 Å². The molecule has 1 heterocycles. The van der Waals surface area contributed by atoms with Gasteiger partial charge < -0.3 is 0 Å². The van der Waals surface area contributed by atoms with Gasteiger partial charge in [-0.05, 0) is 22.1 Å². The predicted molar refractivity (Wildman–Crippen MR) is 54.2 cm³/mol. The molecule has 1 aromatic heterocycles. The maximum Gasteiger partial charge on any atom is 0.174 e. The summed E-state index contributed by atoms with van der Waals surface area (Å²) in [4.78, 5) is 0. The van der Waals surface area contributed by atoms with Crippen molar-refractivity contribution in [3.63, 3.8) is 0 Å². The molecule has 0 aliphatic rings. The van der Waals surface area contributed by atoms with E-state index in [1.165, 1.54) is 0 Å². The SMILES string of the molecule is Cn1nnnc1C=Cc1ccccc1. The van der Waals surface area contributed by atoms with Gasteiger partial charge in [0.25, 0.3) is 0 Å². The zero-order valence-corrected chi connectivity index (χ0v) is 7.83. The average molecular weight is 186 g/mol. The Balaban J connectivity index is 2.20. The molecule has 0 unspecified atom stereocenters. The molecule has 0 amide bonds. The van der Waals surface area contributed by atoms with Gasteiger partial charge in [0, 0.05) is 7.05 Å². The third-order valence-electron chi connectivity index (χ3n) is 1.88. The van der Waals surface area contributed by atoms with Crippen LogP contribution in [0.3, 0.4) is 0 Å². The Morgan fingerprint density at radius 1 is 1.14 bits per heavy atom. The Hall–Kier alpha value is -1.97. The molecule has 0 spiro atoms. The molecule has 14 heavy (non-hydrogen) atoms. The second-order valence-corrected chi connectivity index (χ2v) is 2.90. The quantitative estimate of drug-likeness (QED) is 0.711. The molecule has 0 N–H and O–H groups in total. The lowest BCUT2D eigenvalue weighted by molar-refractivity contribution is 0.706. The van der Waals surface area contributed by atoms with Crippen LogP contribution in [-0.2, 0) is 7.05 Å². The molecule has 0 bridgehead atoms. The summed E-state index contributed by atoms with van der Waals surface area (Å²) in [6, 6.07) is 10.0. The summed E-state index contributed by atoms with van der Waals surface area (Å²) in [6.45, 7) is 0. The molecule has 1 aromatic carbocycles. The summed E-state index contributed by atoms with van der Waals surface area (Å²) < 4.78 is 1.62. The first-order chi connectivity index (χ1) is 6.86. The van der Waals surface area contributed by atoms with Gasteiger partial charge in [0.15, 0.2) is 5.82 Å². The highest BCUT2D eigenvalue weighted by atomic mass is 15.5. The molecule has 4 nitrogen and oxygen atoms in total. The Morgan fingerprint density at radius 3 is 2.57 bits per heavy atom. The lowest BCUT2D eigenvalue weighted by Crippen LogP contribution is -1.93. The van der Waals surface area contributed by atoms with Crippen LogP contribution in [0.4, 0.5) is 0 Å². The minimum absolute atomic E-state index is 0.744. The van der Waals surface area contributed by atoms with E-state index in [1.54, 1.807) is 4.68 Å². The monoisotopic (exact) mass is 186 g/mol. The summed E-state index contributed by atoms with van der Waals surface area (Å²) in [5, 5.41) is 11.1. The van der Waals surface area contributed by atoms with Gasteiger partial charge in [-0.2, -0.15) is 0 Å². The summed E-state index contributed by atoms with van der Waals surface area (Å²) in [7, 11) is 1.81. The van der Waals surface area contributed by atoms with Crippen molar-refractivity contribution < 1.29 is 0 Å². The topological polar surface area (TPSA) is 43.6 Å². The van der Waals surface area contributed by atoms with Crippen molar-refractivity contribution >= 4 is 12.2 Å². The van der Waals surface area contributed by atoms with Gasteiger partial charge >= 0.3 is 0 Å². The van der Waals surface area contributed by atoms with Crippen LogP contribution in [0, 0.1) is 0 Å². The molecule has 0 saturated heterocycles. The number of nitrogens with zero attached hydrogens (tertiary/aromatic N) is 4. The standard InChI is InChI=1S/C10H10N4/c1-14-10(11-12-13-14)8-7-9-5-3-2-4-6-9/h2-8H,1H3. The Bertz CT molecular complexity index is 430. The number of aryl methyl sites for hydroxylation is 1.